The molecule has 0 aliphatic carbocycles. The lowest BCUT2D eigenvalue weighted by Crippen LogP contribution is -2.27. The first-order chi connectivity index (χ1) is 8.25. The molecule has 1 unspecified atom stereocenters. The van der Waals surface area contributed by atoms with Crippen molar-refractivity contribution in [2.75, 3.05) is 19.6 Å². The summed E-state index contributed by atoms with van der Waals surface area (Å²) in [5, 5.41) is 6.22. The van der Waals surface area contributed by atoms with E-state index in [-0.39, 0.29) is 5.91 Å². The van der Waals surface area contributed by atoms with Gasteiger partial charge in [-0.1, -0.05) is 0 Å². The summed E-state index contributed by atoms with van der Waals surface area (Å²) in [5.74, 6) is 0.608. The van der Waals surface area contributed by atoms with E-state index in [0.717, 1.165) is 30.5 Å². The number of nitrogens with zero attached hydrogens (tertiary/aromatic N) is 1. The van der Waals surface area contributed by atoms with E-state index >= 15 is 0 Å². The number of rotatable bonds is 4. The van der Waals surface area contributed by atoms with E-state index in [0.29, 0.717) is 11.6 Å². The van der Waals surface area contributed by atoms with Crippen LogP contribution in [0.15, 0.2) is 22.8 Å². The fourth-order valence-corrected chi connectivity index (χ4v) is 2.19. The van der Waals surface area contributed by atoms with E-state index < -0.39 is 0 Å². The van der Waals surface area contributed by atoms with Gasteiger partial charge in [-0.3, -0.25) is 4.79 Å². The van der Waals surface area contributed by atoms with Crippen LogP contribution in [0.1, 0.15) is 23.3 Å². The lowest BCUT2D eigenvalue weighted by atomic mass is 10.1. The molecular weight excluding hydrogens is 282 g/mol. The van der Waals surface area contributed by atoms with Crippen molar-refractivity contribution >= 4 is 21.8 Å². The summed E-state index contributed by atoms with van der Waals surface area (Å²) in [6, 6.07) is 3.54. The van der Waals surface area contributed by atoms with Gasteiger partial charge in [0.15, 0.2) is 0 Å². The predicted octanol–water partition coefficient (Wildman–Crippen LogP) is 1.57. The number of nitrogens with one attached hydrogen (secondary N) is 2. The summed E-state index contributed by atoms with van der Waals surface area (Å²) < 4.78 is 0.881. The molecule has 0 aromatic carbocycles. The second kappa shape index (κ2) is 6.12. The lowest BCUT2D eigenvalue weighted by molar-refractivity contribution is 0.0946. The number of amides is 1. The number of carbonyl (C=O) groups excluding carboxylic acids is 1. The van der Waals surface area contributed by atoms with Crippen LogP contribution in [0, 0.1) is 5.92 Å². The maximum absolute atomic E-state index is 11.7. The molecule has 0 bridgehead atoms. The average Bonchev–Trinajstić information content (AvgIpc) is 2.83. The fourth-order valence-electron chi connectivity index (χ4n) is 1.95. The van der Waals surface area contributed by atoms with Crippen LogP contribution in [-0.2, 0) is 0 Å². The largest absolute Gasteiger partial charge is 0.351 e. The Morgan fingerprint density at radius 2 is 2.47 bits per heavy atom. The van der Waals surface area contributed by atoms with Gasteiger partial charge in [0.25, 0.3) is 5.91 Å². The van der Waals surface area contributed by atoms with Crippen molar-refractivity contribution in [2.24, 2.45) is 5.92 Å². The van der Waals surface area contributed by atoms with Crippen LogP contribution in [0.2, 0.25) is 0 Å². The highest BCUT2D eigenvalue weighted by Crippen LogP contribution is 2.11. The molecule has 4 nitrogen and oxygen atoms in total. The zero-order valence-electron chi connectivity index (χ0n) is 9.58. The number of hydrogen-bond donors (Lipinski definition) is 2. The van der Waals surface area contributed by atoms with E-state index in [1.165, 1.54) is 6.42 Å². The van der Waals surface area contributed by atoms with Crippen molar-refractivity contribution in [3.8, 4) is 0 Å². The summed E-state index contributed by atoms with van der Waals surface area (Å²) in [4.78, 5) is 15.8. The predicted molar refractivity (Wildman–Crippen MR) is 69.9 cm³/mol. The van der Waals surface area contributed by atoms with Gasteiger partial charge in [0.2, 0.25) is 0 Å². The molecule has 0 saturated carbocycles. The number of pyridine rings is 1. The normalized spacial score (nSPS) is 19.2. The lowest BCUT2D eigenvalue weighted by Gasteiger charge is -2.08. The molecule has 1 aliphatic rings. The highest BCUT2D eigenvalue weighted by molar-refractivity contribution is 9.10. The van der Waals surface area contributed by atoms with Crippen LogP contribution in [0.25, 0.3) is 0 Å². The second-order valence-electron chi connectivity index (χ2n) is 4.27. The van der Waals surface area contributed by atoms with Crippen molar-refractivity contribution < 1.29 is 4.79 Å². The standard InChI is InChI=1S/C12H16BrN3O/c13-10-1-2-11(16-8-10)12(17)15-6-4-9-3-5-14-7-9/h1-2,8-9,14H,3-7H2,(H,15,17). The van der Waals surface area contributed by atoms with Crippen LogP contribution in [0.5, 0.6) is 0 Å². The molecular formula is C12H16BrN3O. The smallest absolute Gasteiger partial charge is 0.269 e. The van der Waals surface area contributed by atoms with E-state index in [1.54, 1.807) is 12.3 Å². The summed E-state index contributed by atoms with van der Waals surface area (Å²) in [6.45, 7) is 2.90. The first-order valence-electron chi connectivity index (χ1n) is 5.86. The molecule has 0 spiro atoms. The second-order valence-corrected chi connectivity index (χ2v) is 5.18. The van der Waals surface area contributed by atoms with Gasteiger partial charge in [0.1, 0.15) is 5.69 Å². The molecule has 1 aliphatic heterocycles. The van der Waals surface area contributed by atoms with Gasteiger partial charge >= 0.3 is 0 Å². The highest BCUT2D eigenvalue weighted by Gasteiger charge is 2.14. The van der Waals surface area contributed by atoms with Crippen molar-refractivity contribution in [2.45, 2.75) is 12.8 Å². The molecule has 1 aromatic rings. The van der Waals surface area contributed by atoms with Gasteiger partial charge < -0.3 is 10.6 Å². The van der Waals surface area contributed by atoms with E-state index in [4.69, 9.17) is 0 Å². The van der Waals surface area contributed by atoms with Crippen molar-refractivity contribution in [3.63, 3.8) is 0 Å². The molecule has 1 fully saturated rings. The van der Waals surface area contributed by atoms with Crippen molar-refractivity contribution in [3.05, 3.63) is 28.5 Å². The van der Waals surface area contributed by atoms with Gasteiger partial charge in [0.05, 0.1) is 0 Å². The fraction of sp³-hybridized carbons (Fsp3) is 0.500. The molecule has 1 aromatic heterocycles. The highest BCUT2D eigenvalue weighted by atomic mass is 79.9. The average molecular weight is 298 g/mol. The van der Waals surface area contributed by atoms with Gasteiger partial charge in [-0.05, 0) is 59.9 Å². The minimum absolute atomic E-state index is 0.0940. The van der Waals surface area contributed by atoms with Crippen molar-refractivity contribution in [1.82, 2.24) is 15.6 Å². The molecule has 1 saturated heterocycles. The Kier molecular flexibility index (Phi) is 4.50. The summed E-state index contributed by atoms with van der Waals surface area (Å²) in [6.07, 6.45) is 3.89. The van der Waals surface area contributed by atoms with E-state index in [2.05, 4.69) is 31.5 Å². The Labute approximate surface area is 109 Å². The van der Waals surface area contributed by atoms with Crippen molar-refractivity contribution in [1.29, 1.82) is 0 Å². The molecule has 5 heteroatoms. The Balaban J connectivity index is 1.75. The molecule has 0 radical (unpaired) electrons. The number of halogens is 1. The SMILES string of the molecule is O=C(NCCC1CCNC1)c1ccc(Br)cn1. The molecule has 2 rings (SSSR count). The van der Waals surface area contributed by atoms with Gasteiger partial charge in [0, 0.05) is 17.2 Å². The minimum atomic E-state index is -0.0940. The van der Waals surface area contributed by atoms with Crippen LogP contribution < -0.4 is 10.6 Å². The molecule has 2 N–H and O–H groups in total. The number of hydrogen-bond acceptors (Lipinski definition) is 3. The Morgan fingerprint density at radius 3 is 3.12 bits per heavy atom. The zero-order valence-corrected chi connectivity index (χ0v) is 11.2. The van der Waals surface area contributed by atoms with Gasteiger partial charge in [-0.15, -0.1) is 0 Å². The molecule has 92 valence electrons. The minimum Gasteiger partial charge on any atom is -0.351 e. The first kappa shape index (κ1) is 12.5. The van der Waals surface area contributed by atoms with E-state index in [1.807, 2.05) is 6.07 Å². The van der Waals surface area contributed by atoms with E-state index in [9.17, 15) is 4.79 Å². The van der Waals surface area contributed by atoms with Crippen LogP contribution in [0.3, 0.4) is 0 Å². The summed E-state index contributed by atoms with van der Waals surface area (Å²) in [7, 11) is 0. The first-order valence-corrected chi connectivity index (χ1v) is 6.65. The monoisotopic (exact) mass is 297 g/mol. The van der Waals surface area contributed by atoms with Gasteiger partial charge in [-0.25, -0.2) is 4.98 Å². The van der Waals surface area contributed by atoms with Crippen LogP contribution in [0.4, 0.5) is 0 Å². The third-order valence-electron chi connectivity index (χ3n) is 2.96. The summed E-state index contributed by atoms with van der Waals surface area (Å²) >= 11 is 3.29. The Hall–Kier alpha value is -0.940. The summed E-state index contributed by atoms with van der Waals surface area (Å²) in [5.41, 5.74) is 0.470. The third-order valence-corrected chi connectivity index (χ3v) is 3.43. The third kappa shape index (κ3) is 3.78. The van der Waals surface area contributed by atoms with Crippen LogP contribution in [-0.4, -0.2) is 30.5 Å². The Morgan fingerprint density at radius 1 is 1.59 bits per heavy atom. The molecule has 17 heavy (non-hydrogen) atoms. The quantitative estimate of drug-likeness (QED) is 0.887. The Bertz CT molecular complexity index is 374. The molecule has 1 amide bonds. The maximum Gasteiger partial charge on any atom is 0.269 e. The number of aromatic nitrogens is 1. The number of carbonyl (C=O) groups is 1. The molecule has 2 heterocycles. The topological polar surface area (TPSA) is 54.0 Å². The van der Waals surface area contributed by atoms with Crippen LogP contribution >= 0.6 is 15.9 Å². The molecule has 1 atom stereocenters. The zero-order chi connectivity index (χ0) is 12.1. The van der Waals surface area contributed by atoms with Gasteiger partial charge in [-0.2, -0.15) is 0 Å². The maximum atomic E-state index is 11.7.